The molecule has 2 aromatic carbocycles. The van der Waals surface area contributed by atoms with Crippen molar-refractivity contribution in [1.82, 2.24) is 0 Å². The molecule has 0 aliphatic carbocycles. The van der Waals surface area contributed by atoms with E-state index in [1.54, 1.807) is 18.2 Å². The highest BCUT2D eigenvalue weighted by Gasteiger charge is 2.11. The van der Waals surface area contributed by atoms with E-state index in [4.69, 9.17) is 23.2 Å². The maximum atomic E-state index is 12.1. The van der Waals surface area contributed by atoms with Crippen LogP contribution in [0.15, 0.2) is 40.9 Å². The predicted molar refractivity (Wildman–Crippen MR) is 83.3 cm³/mol. The number of anilines is 1. The van der Waals surface area contributed by atoms with Gasteiger partial charge in [0.15, 0.2) is 0 Å². The molecule has 2 aromatic rings. The largest absolute Gasteiger partial charge is 0.322 e. The lowest BCUT2D eigenvalue weighted by Crippen LogP contribution is -2.12. The fourth-order valence-electron chi connectivity index (χ4n) is 1.68. The van der Waals surface area contributed by atoms with Crippen molar-refractivity contribution in [3.05, 3.63) is 62.0 Å². The van der Waals surface area contributed by atoms with Crippen molar-refractivity contribution in [2.24, 2.45) is 0 Å². The molecule has 0 aliphatic heterocycles. The van der Waals surface area contributed by atoms with Gasteiger partial charge in [0.25, 0.3) is 5.91 Å². The van der Waals surface area contributed by atoms with Crippen molar-refractivity contribution in [1.29, 1.82) is 0 Å². The van der Waals surface area contributed by atoms with Crippen LogP contribution in [-0.2, 0) is 0 Å². The first-order valence-electron chi connectivity index (χ1n) is 5.49. The van der Waals surface area contributed by atoms with E-state index in [0.29, 0.717) is 21.3 Å². The van der Waals surface area contributed by atoms with E-state index in [2.05, 4.69) is 21.2 Å². The summed E-state index contributed by atoms with van der Waals surface area (Å²) in [4.78, 5) is 12.1. The van der Waals surface area contributed by atoms with Gasteiger partial charge < -0.3 is 5.32 Å². The van der Waals surface area contributed by atoms with Crippen LogP contribution in [0.25, 0.3) is 0 Å². The van der Waals surface area contributed by atoms with Gasteiger partial charge in [-0.25, -0.2) is 0 Å². The molecule has 0 aromatic heterocycles. The smallest absolute Gasteiger partial charge is 0.257 e. The second-order valence-corrected chi connectivity index (χ2v) is 5.85. The Morgan fingerprint density at radius 2 is 1.89 bits per heavy atom. The number of nitrogens with one attached hydrogen (secondary N) is 1. The van der Waals surface area contributed by atoms with Crippen LogP contribution in [-0.4, -0.2) is 5.91 Å². The molecule has 0 bridgehead atoms. The minimum absolute atomic E-state index is 0.265. The monoisotopic (exact) mass is 357 g/mol. The molecule has 0 unspecified atom stereocenters. The van der Waals surface area contributed by atoms with E-state index in [1.807, 2.05) is 25.1 Å². The molecule has 0 fully saturated rings. The van der Waals surface area contributed by atoms with Gasteiger partial charge in [-0.1, -0.05) is 39.1 Å². The lowest BCUT2D eigenvalue weighted by molar-refractivity contribution is 0.102. The van der Waals surface area contributed by atoms with Crippen molar-refractivity contribution < 1.29 is 4.79 Å². The van der Waals surface area contributed by atoms with Crippen LogP contribution in [0.2, 0.25) is 10.0 Å². The van der Waals surface area contributed by atoms with Gasteiger partial charge in [0.2, 0.25) is 0 Å². The third-order valence-corrected chi connectivity index (χ3v) is 3.48. The van der Waals surface area contributed by atoms with Crippen molar-refractivity contribution in [2.45, 2.75) is 6.92 Å². The van der Waals surface area contributed by atoms with E-state index in [0.717, 1.165) is 10.0 Å². The predicted octanol–water partition coefficient (Wildman–Crippen LogP) is 5.32. The molecule has 0 heterocycles. The number of rotatable bonds is 2. The van der Waals surface area contributed by atoms with Crippen molar-refractivity contribution >= 4 is 50.7 Å². The lowest BCUT2D eigenvalue weighted by Gasteiger charge is -2.08. The summed E-state index contributed by atoms with van der Waals surface area (Å²) in [7, 11) is 0. The highest BCUT2D eigenvalue weighted by molar-refractivity contribution is 9.10. The average Bonchev–Trinajstić information content (AvgIpc) is 2.26. The Morgan fingerprint density at radius 1 is 1.16 bits per heavy atom. The van der Waals surface area contributed by atoms with Crippen LogP contribution < -0.4 is 5.32 Å². The Hall–Kier alpha value is -1.03. The molecule has 0 radical (unpaired) electrons. The van der Waals surface area contributed by atoms with Crippen LogP contribution in [0.3, 0.4) is 0 Å². The van der Waals surface area contributed by atoms with Crippen LogP contribution in [0.1, 0.15) is 15.9 Å². The lowest BCUT2D eigenvalue weighted by atomic mass is 10.2. The molecule has 2 nitrogen and oxygen atoms in total. The number of hydrogen-bond donors (Lipinski definition) is 1. The standard InChI is InChI=1S/C14H10BrCl2NO/c1-8-4-9(15)6-11(5-8)18-14(19)12-3-2-10(16)7-13(12)17/h2-7H,1H3,(H,18,19). The van der Waals surface area contributed by atoms with E-state index >= 15 is 0 Å². The molecular formula is C14H10BrCl2NO. The maximum Gasteiger partial charge on any atom is 0.257 e. The molecule has 0 saturated carbocycles. The highest BCUT2D eigenvalue weighted by atomic mass is 79.9. The van der Waals surface area contributed by atoms with Gasteiger partial charge in [0.05, 0.1) is 10.6 Å². The summed E-state index contributed by atoms with van der Waals surface area (Å²) in [5.41, 5.74) is 2.15. The molecule has 0 atom stereocenters. The highest BCUT2D eigenvalue weighted by Crippen LogP contribution is 2.23. The van der Waals surface area contributed by atoms with E-state index < -0.39 is 0 Å². The van der Waals surface area contributed by atoms with Gasteiger partial charge in [-0.3, -0.25) is 4.79 Å². The fraction of sp³-hybridized carbons (Fsp3) is 0.0714. The van der Waals surface area contributed by atoms with E-state index in [9.17, 15) is 4.79 Å². The molecule has 0 spiro atoms. The van der Waals surface area contributed by atoms with Crippen LogP contribution in [0, 0.1) is 6.92 Å². The molecular weight excluding hydrogens is 349 g/mol. The maximum absolute atomic E-state index is 12.1. The van der Waals surface area contributed by atoms with Crippen molar-refractivity contribution in [3.8, 4) is 0 Å². The number of aryl methyl sites for hydroxylation is 1. The summed E-state index contributed by atoms with van der Waals surface area (Å²) < 4.78 is 0.907. The summed E-state index contributed by atoms with van der Waals surface area (Å²) >= 11 is 15.2. The fourth-order valence-corrected chi connectivity index (χ4v) is 2.78. The third-order valence-electron chi connectivity index (χ3n) is 2.48. The zero-order valence-corrected chi connectivity index (χ0v) is 13.1. The Labute approximate surface area is 129 Å². The molecule has 1 N–H and O–H groups in total. The zero-order valence-electron chi connectivity index (χ0n) is 10.0. The topological polar surface area (TPSA) is 29.1 Å². The minimum atomic E-state index is -0.265. The molecule has 5 heteroatoms. The normalized spacial score (nSPS) is 10.3. The van der Waals surface area contributed by atoms with Gasteiger partial charge in [0.1, 0.15) is 0 Å². The Balaban J connectivity index is 2.25. The second-order valence-electron chi connectivity index (χ2n) is 4.10. The SMILES string of the molecule is Cc1cc(Br)cc(NC(=O)c2ccc(Cl)cc2Cl)c1. The van der Waals surface area contributed by atoms with Crippen LogP contribution >= 0.6 is 39.1 Å². The van der Waals surface area contributed by atoms with Gasteiger partial charge in [-0.2, -0.15) is 0 Å². The number of carbonyl (C=O) groups is 1. The second kappa shape index (κ2) is 5.95. The first kappa shape index (κ1) is 14.4. The summed E-state index contributed by atoms with van der Waals surface area (Å²) in [6.07, 6.45) is 0. The van der Waals surface area contributed by atoms with Crippen molar-refractivity contribution in [2.75, 3.05) is 5.32 Å². The summed E-state index contributed by atoms with van der Waals surface area (Å²) in [6, 6.07) is 10.5. The third kappa shape index (κ3) is 3.72. The Morgan fingerprint density at radius 3 is 2.53 bits per heavy atom. The molecule has 98 valence electrons. The molecule has 1 amide bonds. The van der Waals surface area contributed by atoms with Gasteiger partial charge in [-0.15, -0.1) is 0 Å². The summed E-state index contributed by atoms with van der Waals surface area (Å²) in [5.74, 6) is -0.265. The first-order valence-corrected chi connectivity index (χ1v) is 7.04. The number of halogens is 3. The number of amides is 1. The first-order chi connectivity index (χ1) is 8.95. The molecule has 0 saturated heterocycles. The van der Waals surface area contributed by atoms with Gasteiger partial charge in [0, 0.05) is 15.2 Å². The van der Waals surface area contributed by atoms with Gasteiger partial charge >= 0.3 is 0 Å². The Bertz CT molecular complexity index is 623. The number of carbonyl (C=O) groups excluding carboxylic acids is 1. The van der Waals surface area contributed by atoms with E-state index in [1.165, 1.54) is 0 Å². The van der Waals surface area contributed by atoms with Gasteiger partial charge in [-0.05, 0) is 48.9 Å². The summed E-state index contributed by atoms with van der Waals surface area (Å²) in [6.45, 7) is 1.95. The molecule has 2 rings (SSSR count). The number of hydrogen-bond acceptors (Lipinski definition) is 1. The van der Waals surface area contributed by atoms with E-state index in [-0.39, 0.29) is 5.91 Å². The van der Waals surface area contributed by atoms with Crippen LogP contribution in [0.4, 0.5) is 5.69 Å². The number of benzene rings is 2. The summed E-state index contributed by atoms with van der Waals surface area (Å²) in [5, 5.41) is 3.63. The quantitative estimate of drug-likeness (QED) is 0.773. The van der Waals surface area contributed by atoms with Crippen LogP contribution in [0.5, 0.6) is 0 Å². The molecule has 19 heavy (non-hydrogen) atoms. The average molecular weight is 359 g/mol. The van der Waals surface area contributed by atoms with Crippen molar-refractivity contribution in [3.63, 3.8) is 0 Å². The molecule has 0 aliphatic rings. The Kier molecular flexibility index (Phi) is 4.50. The minimum Gasteiger partial charge on any atom is -0.322 e. The zero-order chi connectivity index (χ0) is 14.0.